The molecule has 0 radical (unpaired) electrons. The van der Waals surface area contributed by atoms with Crippen LogP contribution in [-0.2, 0) is 21.4 Å². The van der Waals surface area contributed by atoms with E-state index < -0.39 is 10.0 Å². The number of ether oxygens (including phenoxy) is 1. The van der Waals surface area contributed by atoms with Crippen molar-refractivity contribution in [1.29, 1.82) is 0 Å². The van der Waals surface area contributed by atoms with Gasteiger partial charge in [0.15, 0.2) is 11.6 Å². The number of benzene rings is 2. The predicted molar refractivity (Wildman–Crippen MR) is 125 cm³/mol. The number of nitrogens with zero attached hydrogens (tertiary/aromatic N) is 2. The minimum absolute atomic E-state index is 0.0545. The number of carbonyl (C=O) groups is 1. The Bertz CT molecular complexity index is 1360. The van der Waals surface area contributed by atoms with Crippen molar-refractivity contribution in [2.24, 2.45) is 0 Å². The first-order valence-electron chi connectivity index (χ1n) is 10.3. The Balaban J connectivity index is 1.33. The van der Waals surface area contributed by atoms with Crippen molar-refractivity contribution in [2.45, 2.75) is 17.9 Å². The number of rotatable bonds is 9. The summed E-state index contributed by atoms with van der Waals surface area (Å²) >= 11 is 0. The van der Waals surface area contributed by atoms with Gasteiger partial charge >= 0.3 is 0 Å². The number of anilines is 1. The minimum atomic E-state index is -3.74. The number of fused-ring (bicyclic) bond motifs is 1. The highest BCUT2D eigenvalue weighted by molar-refractivity contribution is 7.89. The molecule has 0 fully saturated rings. The van der Waals surface area contributed by atoms with Crippen LogP contribution in [0.3, 0.4) is 0 Å². The molecule has 0 atom stereocenters. The number of nitrogens with one attached hydrogen (secondary N) is 2. The Kier molecular flexibility index (Phi) is 6.92. The van der Waals surface area contributed by atoms with Crippen LogP contribution in [0.4, 0.5) is 5.82 Å². The molecule has 0 aliphatic heterocycles. The van der Waals surface area contributed by atoms with Crippen molar-refractivity contribution in [3.63, 3.8) is 0 Å². The lowest BCUT2D eigenvalue weighted by Gasteiger charge is -2.12. The molecular weight excluding hydrogens is 440 g/mol. The zero-order valence-electron chi connectivity index (χ0n) is 17.6. The number of hydrogen-bond acceptors (Lipinski definition) is 6. The fourth-order valence-electron chi connectivity index (χ4n) is 3.15. The van der Waals surface area contributed by atoms with E-state index in [0.29, 0.717) is 12.4 Å². The van der Waals surface area contributed by atoms with Gasteiger partial charge in [-0.2, -0.15) is 0 Å². The second-order valence-electron chi connectivity index (χ2n) is 7.20. The average molecular weight is 463 g/mol. The number of carbonyl (C=O) groups excluding carboxylic acids is 1. The van der Waals surface area contributed by atoms with Crippen LogP contribution in [0.25, 0.3) is 10.8 Å². The Morgan fingerprint density at radius 2 is 1.70 bits per heavy atom. The number of aromatic nitrogens is 2. The summed E-state index contributed by atoms with van der Waals surface area (Å²) in [6, 6.07) is 19.5. The van der Waals surface area contributed by atoms with Gasteiger partial charge in [0.25, 0.3) is 0 Å². The van der Waals surface area contributed by atoms with Gasteiger partial charge in [-0.3, -0.25) is 9.78 Å². The number of amides is 1. The van der Waals surface area contributed by atoms with Crippen LogP contribution >= 0.6 is 0 Å². The number of hydrogen-bond donors (Lipinski definition) is 2. The lowest BCUT2D eigenvalue weighted by molar-refractivity contribution is -0.116. The van der Waals surface area contributed by atoms with Gasteiger partial charge in [-0.1, -0.05) is 30.3 Å². The van der Waals surface area contributed by atoms with E-state index in [0.717, 1.165) is 16.3 Å². The van der Waals surface area contributed by atoms with E-state index in [-0.39, 0.29) is 29.6 Å². The zero-order chi connectivity index (χ0) is 23.1. The molecule has 0 unspecified atom stereocenters. The molecule has 0 spiro atoms. The summed E-state index contributed by atoms with van der Waals surface area (Å²) in [6.45, 7) is 0.240. The first kappa shape index (κ1) is 22.4. The highest BCUT2D eigenvalue weighted by Gasteiger charge is 2.15. The fraction of sp³-hybridized carbons (Fsp3) is 0.125. The van der Waals surface area contributed by atoms with Crippen molar-refractivity contribution >= 4 is 32.5 Å². The Morgan fingerprint density at radius 1 is 0.909 bits per heavy atom. The van der Waals surface area contributed by atoms with Gasteiger partial charge in [0, 0.05) is 31.6 Å². The highest BCUT2D eigenvalue weighted by atomic mass is 32.2. The molecule has 9 heteroatoms. The van der Waals surface area contributed by atoms with Crippen molar-refractivity contribution in [3.05, 3.63) is 90.9 Å². The van der Waals surface area contributed by atoms with Crippen LogP contribution in [-0.4, -0.2) is 30.8 Å². The molecule has 168 valence electrons. The van der Waals surface area contributed by atoms with Gasteiger partial charge in [-0.05, 0) is 52.7 Å². The van der Waals surface area contributed by atoms with E-state index in [9.17, 15) is 13.2 Å². The van der Waals surface area contributed by atoms with Gasteiger partial charge in [0.1, 0.15) is 6.61 Å². The molecule has 0 aliphatic rings. The lowest BCUT2D eigenvalue weighted by Crippen LogP contribution is -2.28. The molecule has 2 aromatic carbocycles. The highest BCUT2D eigenvalue weighted by Crippen LogP contribution is 2.22. The van der Waals surface area contributed by atoms with Gasteiger partial charge in [0.2, 0.25) is 15.9 Å². The van der Waals surface area contributed by atoms with Crippen LogP contribution < -0.4 is 14.8 Å². The molecule has 2 heterocycles. The van der Waals surface area contributed by atoms with E-state index in [2.05, 4.69) is 20.0 Å². The van der Waals surface area contributed by atoms with Crippen LogP contribution in [0, 0.1) is 0 Å². The monoisotopic (exact) mass is 462 g/mol. The van der Waals surface area contributed by atoms with E-state index in [1.54, 1.807) is 42.7 Å². The van der Waals surface area contributed by atoms with Gasteiger partial charge in [-0.15, -0.1) is 0 Å². The van der Waals surface area contributed by atoms with Gasteiger partial charge in [-0.25, -0.2) is 18.1 Å². The summed E-state index contributed by atoms with van der Waals surface area (Å²) in [5.41, 5.74) is 0.925. The van der Waals surface area contributed by atoms with E-state index >= 15 is 0 Å². The van der Waals surface area contributed by atoms with Gasteiger partial charge in [0.05, 0.1) is 4.90 Å². The van der Waals surface area contributed by atoms with Crippen LogP contribution in [0.2, 0.25) is 0 Å². The third-order valence-corrected chi connectivity index (χ3v) is 6.31. The molecule has 8 nitrogen and oxygen atoms in total. The smallest absolute Gasteiger partial charge is 0.240 e. The summed E-state index contributed by atoms with van der Waals surface area (Å²) in [7, 11) is -3.74. The molecule has 1 amide bonds. The SMILES string of the molecule is O=C(CCNS(=O)(=O)c1ccc2ccccc2c1)Nc1ncccc1OCc1ccncc1. The van der Waals surface area contributed by atoms with Gasteiger partial charge < -0.3 is 10.1 Å². The maximum Gasteiger partial charge on any atom is 0.240 e. The topological polar surface area (TPSA) is 110 Å². The summed E-state index contributed by atoms with van der Waals surface area (Å²) in [6.07, 6.45) is 4.82. The van der Waals surface area contributed by atoms with Crippen LogP contribution in [0.15, 0.2) is 90.2 Å². The molecule has 4 rings (SSSR count). The fourth-order valence-corrected chi connectivity index (χ4v) is 4.22. The van der Waals surface area contributed by atoms with Crippen molar-refractivity contribution in [2.75, 3.05) is 11.9 Å². The zero-order valence-corrected chi connectivity index (χ0v) is 18.5. The summed E-state index contributed by atoms with van der Waals surface area (Å²) in [5, 5.41) is 4.45. The maximum absolute atomic E-state index is 12.6. The Hall–Kier alpha value is -3.82. The molecule has 2 aromatic heterocycles. The van der Waals surface area contributed by atoms with E-state index in [4.69, 9.17) is 4.74 Å². The van der Waals surface area contributed by atoms with Crippen LogP contribution in [0.5, 0.6) is 5.75 Å². The number of pyridine rings is 2. The molecular formula is C24H22N4O4S. The quantitative estimate of drug-likeness (QED) is 0.394. The minimum Gasteiger partial charge on any atom is -0.485 e. The third-order valence-electron chi connectivity index (χ3n) is 4.85. The largest absolute Gasteiger partial charge is 0.485 e. The molecule has 0 aliphatic carbocycles. The number of sulfonamides is 1. The van der Waals surface area contributed by atoms with Crippen molar-refractivity contribution in [3.8, 4) is 5.75 Å². The predicted octanol–water partition coefficient (Wildman–Crippen LogP) is 3.52. The molecule has 0 bridgehead atoms. The molecule has 0 saturated heterocycles. The second kappa shape index (κ2) is 10.2. The summed E-state index contributed by atoms with van der Waals surface area (Å²) < 4.78 is 33.5. The van der Waals surface area contributed by atoms with Crippen molar-refractivity contribution in [1.82, 2.24) is 14.7 Å². The first-order valence-corrected chi connectivity index (χ1v) is 11.7. The Labute approximate surface area is 191 Å². The first-order chi connectivity index (χ1) is 16.0. The standard InChI is InChI=1S/C24H22N4O4S/c29-23(28-24-22(6-3-12-26-24)32-17-18-9-13-25-14-10-18)11-15-27-33(30,31)21-8-7-19-4-1-2-5-20(19)16-21/h1-10,12-14,16,27H,11,15,17H2,(H,26,28,29). The van der Waals surface area contributed by atoms with E-state index in [1.165, 1.54) is 6.20 Å². The Morgan fingerprint density at radius 3 is 2.52 bits per heavy atom. The second-order valence-corrected chi connectivity index (χ2v) is 8.97. The summed E-state index contributed by atoms with van der Waals surface area (Å²) in [4.78, 5) is 20.7. The molecule has 33 heavy (non-hydrogen) atoms. The average Bonchev–Trinajstić information content (AvgIpc) is 2.83. The molecule has 0 saturated carbocycles. The lowest BCUT2D eigenvalue weighted by atomic mass is 10.1. The van der Waals surface area contributed by atoms with Crippen molar-refractivity contribution < 1.29 is 17.9 Å². The maximum atomic E-state index is 12.6. The third kappa shape index (κ3) is 5.91. The normalized spacial score (nSPS) is 11.3. The molecule has 2 N–H and O–H groups in total. The summed E-state index contributed by atoms with van der Waals surface area (Å²) in [5.74, 6) is 0.303. The molecule has 4 aromatic rings. The van der Waals surface area contributed by atoms with Crippen LogP contribution in [0.1, 0.15) is 12.0 Å². The van der Waals surface area contributed by atoms with E-state index in [1.807, 2.05) is 36.4 Å².